The Labute approximate surface area is 85.6 Å². The Morgan fingerprint density at radius 1 is 1.69 bits per heavy atom. The fraction of sp³-hybridized carbons (Fsp3) is 0.429. The number of carbonyl (C=O) groups is 1. The lowest BCUT2D eigenvalue weighted by molar-refractivity contribution is -0.119. The quantitative estimate of drug-likeness (QED) is 0.742. The summed E-state index contributed by atoms with van der Waals surface area (Å²) in [6, 6.07) is 0. The molecule has 1 aromatic rings. The molecule has 1 amide bonds. The van der Waals surface area contributed by atoms with E-state index in [1.807, 2.05) is 0 Å². The van der Waals surface area contributed by atoms with Crippen molar-refractivity contribution >= 4 is 29.1 Å². The number of alkyl halides is 2. The number of imidazole rings is 1. The second-order valence-electron chi connectivity index (χ2n) is 2.42. The van der Waals surface area contributed by atoms with E-state index in [-0.39, 0.29) is 5.91 Å². The Bertz CT molecular complexity index is 261. The van der Waals surface area contributed by atoms with Crippen LogP contribution in [0.15, 0.2) is 12.5 Å². The first-order valence-electron chi connectivity index (χ1n) is 3.73. The first-order chi connectivity index (χ1) is 6.20. The van der Waals surface area contributed by atoms with Gasteiger partial charge >= 0.3 is 0 Å². The van der Waals surface area contributed by atoms with Crippen molar-refractivity contribution in [1.29, 1.82) is 0 Å². The minimum atomic E-state index is -0.998. The molecule has 6 heteroatoms. The average molecular weight is 222 g/mol. The third kappa shape index (κ3) is 3.65. The second kappa shape index (κ2) is 5.09. The molecule has 4 nitrogen and oxygen atoms in total. The summed E-state index contributed by atoms with van der Waals surface area (Å²) in [5.74, 6) is -0.372. The van der Waals surface area contributed by atoms with Crippen LogP contribution in [0.3, 0.4) is 0 Å². The molecule has 13 heavy (non-hydrogen) atoms. The maximum absolute atomic E-state index is 10.9. The van der Waals surface area contributed by atoms with E-state index in [0.29, 0.717) is 13.0 Å². The molecule has 72 valence electrons. The molecule has 1 heterocycles. The third-order valence-corrected chi connectivity index (χ3v) is 1.84. The van der Waals surface area contributed by atoms with Gasteiger partial charge in [-0.1, -0.05) is 23.2 Å². The van der Waals surface area contributed by atoms with Crippen LogP contribution in [0.25, 0.3) is 0 Å². The van der Waals surface area contributed by atoms with Gasteiger partial charge < -0.3 is 10.3 Å². The van der Waals surface area contributed by atoms with E-state index >= 15 is 0 Å². The molecule has 0 unspecified atom stereocenters. The predicted molar refractivity (Wildman–Crippen MR) is 50.8 cm³/mol. The zero-order chi connectivity index (χ0) is 9.68. The monoisotopic (exact) mass is 221 g/mol. The molecular formula is C7H9Cl2N3O. The third-order valence-electron chi connectivity index (χ3n) is 1.45. The average Bonchev–Trinajstić information content (AvgIpc) is 2.56. The van der Waals surface area contributed by atoms with E-state index in [1.165, 1.54) is 0 Å². The Hall–Kier alpha value is -0.740. The number of H-pyrrole nitrogens is 1. The van der Waals surface area contributed by atoms with E-state index in [0.717, 1.165) is 5.69 Å². The number of rotatable bonds is 4. The van der Waals surface area contributed by atoms with Gasteiger partial charge in [-0.2, -0.15) is 0 Å². The molecule has 0 bridgehead atoms. The van der Waals surface area contributed by atoms with Crippen LogP contribution in [-0.4, -0.2) is 27.3 Å². The van der Waals surface area contributed by atoms with Crippen molar-refractivity contribution in [2.75, 3.05) is 6.54 Å². The Kier molecular flexibility index (Phi) is 4.05. The summed E-state index contributed by atoms with van der Waals surface area (Å²) in [5, 5.41) is 2.57. The van der Waals surface area contributed by atoms with Crippen molar-refractivity contribution in [3.05, 3.63) is 18.2 Å². The van der Waals surface area contributed by atoms with Gasteiger partial charge in [0.2, 0.25) is 0 Å². The molecule has 0 aliphatic carbocycles. The number of aromatic nitrogens is 2. The molecule has 0 spiro atoms. The standard InChI is InChI=1S/C7H9Cl2N3O/c8-6(9)7(13)11-2-1-5-3-10-4-12-5/h3-4,6H,1-2H2,(H,10,12)(H,11,13). The fourth-order valence-corrected chi connectivity index (χ4v) is 0.973. The van der Waals surface area contributed by atoms with Gasteiger partial charge in [0, 0.05) is 24.9 Å². The van der Waals surface area contributed by atoms with Gasteiger partial charge in [0.15, 0.2) is 4.84 Å². The van der Waals surface area contributed by atoms with Crippen LogP contribution in [0.5, 0.6) is 0 Å². The Morgan fingerprint density at radius 3 is 3.00 bits per heavy atom. The van der Waals surface area contributed by atoms with E-state index in [2.05, 4.69) is 15.3 Å². The minimum Gasteiger partial charge on any atom is -0.353 e. The molecule has 0 radical (unpaired) electrons. The highest BCUT2D eigenvalue weighted by Gasteiger charge is 2.09. The minimum absolute atomic E-state index is 0.372. The summed E-state index contributed by atoms with van der Waals surface area (Å²) in [6.07, 6.45) is 3.97. The first kappa shape index (κ1) is 10.3. The van der Waals surface area contributed by atoms with Crippen LogP contribution in [0.1, 0.15) is 5.69 Å². The van der Waals surface area contributed by atoms with Crippen molar-refractivity contribution in [3.63, 3.8) is 0 Å². The lowest BCUT2D eigenvalue weighted by Gasteiger charge is -2.03. The molecule has 0 aromatic carbocycles. The van der Waals surface area contributed by atoms with E-state index in [9.17, 15) is 4.79 Å². The van der Waals surface area contributed by atoms with Gasteiger partial charge in [-0.15, -0.1) is 0 Å². The molecule has 0 saturated carbocycles. The molecule has 0 atom stereocenters. The predicted octanol–water partition coefficient (Wildman–Crippen LogP) is 0.872. The number of halogens is 2. The lowest BCUT2D eigenvalue weighted by Crippen LogP contribution is -2.30. The summed E-state index contributed by atoms with van der Waals surface area (Å²) in [6.45, 7) is 0.497. The summed E-state index contributed by atoms with van der Waals surface area (Å²) in [4.78, 5) is 16.6. The van der Waals surface area contributed by atoms with Crippen molar-refractivity contribution in [2.24, 2.45) is 0 Å². The Balaban J connectivity index is 2.18. The number of nitrogens with one attached hydrogen (secondary N) is 2. The largest absolute Gasteiger partial charge is 0.353 e. The molecule has 0 fully saturated rings. The van der Waals surface area contributed by atoms with Crippen LogP contribution in [-0.2, 0) is 11.2 Å². The fourth-order valence-electron chi connectivity index (χ4n) is 0.819. The molecule has 1 aromatic heterocycles. The number of carbonyl (C=O) groups excluding carboxylic acids is 1. The van der Waals surface area contributed by atoms with E-state index in [1.54, 1.807) is 12.5 Å². The van der Waals surface area contributed by atoms with Crippen LogP contribution >= 0.6 is 23.2 Å². The Morgan fingerprint density at radius 2 is 2.46 bits per heavy atom. The highest BCUT2D eigenvalue weighted by molar-refractivity contribution is 6.53. The maximum atomic E-state index is 10.9. The van der Waals surface area contributed by atoms with E-state index in [4.69, 9.17) is 23.2 Å². The SMILES string of the molecule is O=C(NCCc1cnc[nH]1)C(Cl)Cl. The zero-order valence-electron chi connectivity index (χ0n) is 6.76. The van der Waals surface area contributed by atoms with Gasteiger partial charge in [0.05, 0.1) is 6.33 Å². The molecule has 1 rings (SSSR count). The first-order valence-corrected chi connectivity index (χ1v) is 4.60. The van der Waals surface area contributed by atoms with Gasteiger partial charge in [-0.05, 0) is 0 Å². The molecule has 2 N–H and O–H groups in total. The van der Waals surface area contributed by atoms with Crippen molar-refractivity contribution in [1.82, 2.24) is 15.3 Å². The van der Waals surface area contributed by atoms with Crippen LogP contribution in [0, 0.1) is 0 Å². The summed E-state index contributed by atoms with van der Waals surface area (Å²) in [5.41, 5.74) is 0.959. The van der Waals surface area contributed by atoms with Crippen LogP contribution in [0.4, 0.5) is 0 Å². The summed E-state index contributed by atoms with van der Waals surface area (Å²) >= 11 is 10.6. The maximum Gasteiger partial charge on any atom is 0.253 e. The number of aromatic amines is 1. The summed E-state index contributed by atoms with van der Waals surface area (Å²) in [7, 11) is 0. The topological polar surface area (TPSA) is 57.8 Å². The summed E-state index contributed by atoms with van der Waals surface area (Å²) < 4.78 is 0. The smallest absolute Gasteiger partial charge is 0.253 e. The highest BCUT2D eigenvalue weighted by atomic mass is 35.5. The van der Waals surface area contributed by atoms with Gasteiger partial charge in [-0.25, -0.2) is 4.98 Å². The lowest BCUT2D eigenvalue weighted by atomic mass is 10.3. The highest BCUT2D eigenvalue weighted by Crippen LogP contribution is 2.00. The van der Waals surface area contributed by atoms with Gasteiger partial charge in [0.25, 0.3) is 5.91 Å². The van der Waals surface area contributed by atoms with Crippen molar-refractivity contribution in [3.8, 4) is 0 Å². The normalized spacial score (nSPS) is 10.4. The molecule has 0 aliphatic rings. The second-order valence-corrected chi connectivity index (χ2v) is 3.51. The van der Waals surface area contributed by atoms with Crippen molar-refractivity contribution in [2.45, 2.75) is 11.3 Å². The molecule has 0 saturated heterocycles. The molecule has 0 aliphatic heterocycles. The van der Waals surface area contributed by atoms with Crippen LogP contribution in [0.2, 0.25) is 0 Å². The number of amides is 1. The van der Waals surface area contributed by atoms with Gasteiger partial charge in [0.1, 0.15) is 0 Å². The van der Waals surface area contributed by atoms with Crippen LogP contribution < -0.4 is 5.32 Å². The number of hydrogen-bond acceptors (Lipinski definition) is 2. The number of nitrogens with zero attached hydrogens (tertiary/aromatic N) is 1. The molecular weight excluding hydrogens is 213 g/mol. The van der Waals surface area contributed by atoms with Gasteiger partial charge in [-0.3, -0.25) is 4.79 Å². The van der Waals surface area contributed by atoms with Crippen molar-refractivity contribution < 1.29 is 4.79 Å². The number of hydrogen-bond donors (Lipinski definition) is 2. The van der Waals surface area contributed by atoms with E-state index < -0.39 is 4.84 Å². The zero-order valence-corrected chi connectivity index (χ0v) is 8.27.